The van der Waals surface area contributed by atoms with Crippen LogP contribution in [-0.2, 0) is 32.0 Å². The summed E-state index contributed by atoms with van der Waals surface area (Å²) >= 11 is 14.7. The topological polar surface area (TPSA) is 146 Å². The summed E-state index contributed by atoms with van der Waals surface area (Å²) in [6.45, 7) is -0.0713. The van der Waals surface area contributed by atoms with E-state index in [4.69, 9.17) is 23.2 Å². The monoisotopic (exact) mass is 808 g/mol. The van der Waals surface area contributed by atoms with Crippen molar-refractivity contribution >= 4 is 81.7 Å². The Bertz CT molecular complexity index is 2160. The first-order chi connectivity index (χ1) is 26.7. The van der Waals surface area contributed by atoms with Crippen LogP contribution in [0.1, 0.15) is 17.5 Å². The molecule has 2 N–H and O–H groups in total. The molecule has 4 amide bonds. The van der Waals surface area contributed by atoms with Gasteiger partial charge in [0.15, 0.2) is 0 Å². The van der Waals surface area contributed by atoms with Gasteiger partial charge in [0.1, 0.15) is 22.6 Å². The van der Waals surface area contributed by atoms with Gasteiger partial charge in [-0.3, -0.25) is 29.0 Å². The predicted molar refractivity (Wildman–Crippen MR) is 217 cm³/mol. The molecule has 278 valence electrons. The number of para-hydroxylation sites is 2. The third-order valence-corrected chi connectivity index (χ3v) is 12.1. The Hall–Kier alpha value is -5.24. The molecular weight excluding hydrogens is 776 g/mol. The van der Waals surface area contributed by atoms with Crippen LogP contribution in [0.5, 0.6) is 0 Å². The van der Waals surface area contributed by atoms with E-state index in [0.29, 0.717) is 34.3 Å². The second-order valence-electron chi connectivity index (χ2n) is 12.7. The van der Waals surface area contributed by atoms with Crippen LogP contribution in [0.15, 0.2) is 120 Å². The summed E-state index contributed by atoms with van der Waals surface area (Å²) in [5.74, 6) is -2.71. The number of carbonyl (C=O) groups is 4. The lowest BCUT2D eigenvalue weighted by Crippen LogP contribution is -2.40. The normalized spacial score (nSPS) is 19.4. The van der Waals surface area contributed by atoms with Gasteiger partial charge in [0.25, 0.3) is 5.91 Å². The van der Waals surface area contributed by atoms with Crippen LogP contribution in [0.4, 0.5) is 11.4 Å². The zero-order valence-electron chi connectivity index (χ0n) is 29.2. The van der Waals surface area contributed by atoms with Crippen molar-refractivity contribution in [2.75, 3.05) is 22.9 Å². The molecule has 0 radical (unpaired) electrons. The van der Waals surface area contributed by atoms with Crippen LogP contribution in [-0.4, -0.2) is 52.6 Å². The van der Waals surface area contributed by atoms with Crippen LogP contribution in [0.25, 0.3) is 0 Å². The highest BCUT2D eigenvalue weighted by atomic mass is 35.5. The smallest absolute Gasteiger partial charge is 0.264 e. The van der Waals surface area contributed by atoms with Crippen LogP contribution in [0, 0.1) is 28.6 Å². The minimum atomic E-state index is -1.09. The third kappa shape index (κ3) is 9.53. The lowest BCUT2D eigenvalue weighted by atomic mass is 10.0. The Morgan fingerprint density at radius 1 is 0.727 bits per heavy atom. The number of benzene rings is 4. The van der Waals surface area contributed by atoms with E-state index in [-0.39, 0.29) is 41.9 Å². The maximum atomic E-state index is 13.7. The molecule has 2 heterocycles. The summed E-state index contributed by atoms with van der Waals surface area (Å²) in [4.78, 5) is 57.2. The molecule has 55 heavy (non-hydrogen) atoms. The number of thioether (sulfide) groups is 2. The Morgan fingerprint density at radius 3 is 1.84 bits per heavy atom. The number of carbonyl (C=O) groups excluding carboxylic acids is 4. The predicted octanol–water partition coefficient (Wildman–Crippen LogP) is 6.90. The molecule has 0 bridgehead atoms. The summed E-state index contributed by atoms with van der Waals surface area (Å²) in [7, 11) is 0. The van der Waals surface area contributed by atoms with Gasteiger partial charge in [0.2, 0.25) is 17.7 Å². The Kier molecular flexibility index (Phi) is 13.2. The van der Waals surface area contributed by atoms with Crippen molar-refractivity contribution in [2.45, 2.75) is 35.1 Å². The zero-order chi connectivity index (χ0) is 38.9. The number of hydrogen-bond donors (Lipinski definition) is 2. The number of nitrogens with zero attached hydrogens (tertiary/aromatic N) is 4. The van der Waals surface area contributed by atoms with E-state index >= 15 is 0 Å². The SMILES string of the molecule is N#C/C(C(=O)NCCNC(=O)[C@H](C#N)C[C@@H]1S[C@@H](Cc2ccc(Cl)cc2)C(=O)N1c1ccccc1)=C1/S[C@H](Cc2ccc(Cl)cc2)C(=O)N1c1ccccc1. The summed E-state index contributed by atoms with van der Waals surface area (Å²) < 4.78 is 0. The standard InChI is InChI=1S/C41H34Cl2N6O4S2/c42-29-15-11-26(12-16-29)21-34-39(52)48(31-7-3-1-4-8-31)36(54-34)23-28(24-44)37(50)46-19-20-47-38(51)33(25-45)41-49(32-9-5-2-6-10-32)40(53)35(55-41)22-27-13-17-30(43)18-14-27/h1-18,28,34-36H,19-23H2,(H,46,50)(H,47,51)/b41-33-/t28-,34-,35+,36-/m0/s1. The molecule has 2 saturated heterocycles. The summed E-state index contributed by atoms with van der Waals surface area (Å²) in [5.41, 5.74) is 2.78. The number of hydrogen-bond acceptors (Lipinski definition) is 8. The zero-order valence-corrected chi connectivity index (χ0v) is 32.4. The van der Waals surface area contributed by atoms with Gasteiger partial charge in [-0.1, -0.05) is 95.6 Å². The Balaban J connectivity index is 1.09. The lowest BCUT2D eigenvalue weighted by molar-refractivity contribution is -0.124. The van der Waals surface area contributed by atoms with E-state index in [0.717, 1.165) is 22.9 Å². The van der Waals surface area contributed by atoms with E-state index in [2.05, 4.69) is 16.7 Å². The summed E-state index contributed by atoms with van der Waals surface area (Å²) in [6, 6.07) is 36.5. The molecule has 0 aliphatic carbocycles. The van der Waals surface area contributed by atoms with E-state index in [1.165, 1.54) is 16.7 Å². The highest BCUT2D eigenvalue weighted by Crippen LogP contribution is 2.42. The van der Waals surface area contributed by atoms with Gasteiger partial charge >= 0.3 is 0 Å². The van der Waals surface area contributed by atoms with Crippen molar-refractivity contribution in [1.82, 2.24) is 10.6 Å². The molecule has 4 aromatic rings. The van der Waals surface area contributed by atoms with Crippen LogP contribution in [0.2, 0.25) is 10.0 Å². The van der Waals surface area contributed by atoms with Crippen LogP contribution in [0.3, 0.4) is 0 Å². The quantitative estimate of drug-likeness (QED) is 0.0843. The first kappa shape index (κ1) is 39.5. The van der Waals surface area contributed by atoms with Crippen molar-refractivity contribution in [1.29, 1.82) is 10.5 Å². The molecule has 0 spiro atoms. The van der Waals surface area contributed by atoms with Crippen LogP contribution < -0.4 is 20.4 Å². The van der Waals surface area contributed by atoms with Gasteiger partial charge in [-0.15, -0.1) is 11.8 Å². The number of nitriles is 2. The van der Waals surface area contributed by atoms with E-state index in [9.17, 15) is 29.7 Å². The molecule has 4 aromatic carbocycles. The Morgan fingerprint density at radius 2 is 1.27 bits per heavy atom. The molecule has 2 aliphatic rings. The number of amides is 4. The maximum absolute atomic E-state index is 13.7. The molecule has 2 aliphatic heterocycles. The first-order valence-electron chi connectivity index (χ1n) is 17.3. The number of anilines is 2. The van der Waals surface area contributed by atoms with Crippen LogP contribution >= 0.6 is 46.7 Å². The van der Waals surface area contributed by atoms with Crippen molar-refractivity contribution in [3.63, 3.8) is 0 Å². The van der Waals surface area contributed by atoms with Gasteiger partial charge in [-0.25, -0.2) is 0 Å². The fraction of sp³-hybridized carbons (Fsp3) is 0.220. The molecule has 10 nitrogen and oxygen atoms in total. The van der Waals surface area contributed by atoms with E-state index in [1.54, 1.807) is 59.5 Å². The molecule has 0 unspecified atom stereocenters. The second-order valence-corrected chi connectivity index (χ2v) is 16.1. The number of halogens is 2. The van der Waals surface area contributed by atoms with Gasteiger partial charge in [-0.05, 0) is 72.5 Å². The minimum Gasteiger partial charge on any atom is -0.353 e. The third-order valence-electron chi connectivity index (χ3n) is 8.96. The highest BCUT2D eigenvalue weighted by Gasteiger charge is 2.43. The molecule has 0 saturated carbocycles. The molecule has 2 fully saturated rings. The van der Waals surface area contributed by atoms with Gasteiger partial charge in [0, 0.05) is 40.9 Å². The number of nitrogens with one attached hydrogen (secondary N) is 2. The number of rotatable bonds is 13. The first-order valence-corrected chi connectivity index (χ1v) is 19.9. The minimum absolute atomic E-state index is 0.0250. The molecule has 0 aromatic heterocycles. The Labute approximate surface area is 337 Å². The van der Waals surface area contributed by atoms with Crippen molar-refractivity contribution in [3.8, 4) is 12.1 Å². The van der Waals surface area contributed by atoms with E-state index < -0.39 is 33.6 Å². The molecule has 6 rings (SSSR count). The summed E-state index contributed by atoms with van der Waals surface area (Å²) in [6.07, 6.45) is 0.905. The fourth-order valence-electron chi connectivity index (χ4n) is 6.25. The van der Waals surface area contributed by atoms with Crippen molar-refractivity contribution in [2.24, 2.45) is 5.92 Å². The largest absolute Gasteiger partial charge is 0.353 e. The molecule has 14 heteroatoms. The fourth-order valence-corrected chi connectivity index (χ4v) is 9.35. The molecular formula is C41H34Cl2N6O4S2. The highest BCUT2D eigenvalue weighted by molar-refractivity contribution is 8.05. The van der Waals surface area contributed by atoms with E-state index in [1.807, 2.05) is 60.7 Å². The second kappa shape index (κ2) is 18.4. The summed E-state index contributed by atoms with van der Waals surface area (Å²) in [5, 5.41) is 25.5. The average molecular weight is 810 g/mol. The maximum Gasteiger partial charge on any atom is 0.264 e. The van der Waals surface area contributed by atoms with Gasteiger partial charge < -0.3 is 10.6 Å². The average Bonchev–Trinajstić information content (AvgIpc) is 3.68. The van der Waals surface area contributed by atoms with Crippen molar-refractivity contribution in [3.05, 3.63) is 141 Å². The molecule has 4 atom stereocenters. The lowest BCUT2D eigenvalue weighted by Gasteiger charge is -2.25. The van der Waals surface area contributed by atoms with Gasteiger partial charge in [0.05, 0.1) is 21.9 Å². The van der Waals surface area contributed by atoms with Crippen molar-refractivity contribution < 1.29 is 19.2 Å². The van der Waals surface area contributed by atoms with Gasteiger partial charge in [-0.2, -0.15) is 10.5 Å².